The van der Waals surface area contributed by atoms with Crippen LogP contribution in [0.4, 0.5) is 5.82 Å². The molecule has 0 aliphatic carbocycles. The average molecular weight is 424 g/mol. The lowest BCUT2D eigenvalue weighted by Gasteiger charge is -2.11. The zero-order valence-corrected chi connectivity index (χ0v) is 14.5. The normalized spacial score (nSPS) is 10.7. The maximum absolute atomic E-state index is 6.04. The van der Waals surface area contributed by atoms with Gasteiger partial charge in [-0.15, -0.1) is 0 Å². The van der Waals surface area contributed by atoms with Gasteiger partial charge in [0.25, 0.3) is 0 Å². The molecule has 2 aromatic rings. The second kappa shape index (κ2) is 6.89. The van der Waals surface area contributed by atoms with Gasteiger partial charge in [-0.3, -0.25) is 0 Å². The molecule has 2 rings (SSSR count). The summed E-state index contributed by atoms with van der Waals surface area (Å²) < 4.78 is 6.11. The summed E-state index contributed by atoms with van der Waals surface area (Å²) in [4.78, 5) is 9.01. The fourth-order valence-electron chi connectivity index (χ4n) is 1.66. The van der Waals surface area contributed by atoms with Crippen LogP contribution in [0.25, 0.3) is 11.4 Å². The van der Waals surface area contributed by atoms with Crippen molar-refractivity contribution in [2.45, 2.75) is 6.61 Å². The maximum Gasteiger partial charge on any atom is 0.161 e. The highest BCUT2D eigenvalue weighted by Crippen LogP contribution is 2.29. The van der Waals surface area contributed by atoms with Crippen molar-refractivity contribution in [3.63, 3.8) is 0 Å². The molecule has 0 radical (unpaired) electrons. The Morgan fingerprint density at radius 3 is 2.60 bits per heavy atom. The molecule has 0 bridgehead atoms. The maximum atomic E-state index is 6.04. The molecule has 106 valence electrons. The first kappa shape index (κ1) is 15.8. The summed E-state index contributed by atoms with van der Waals surface area (Å²) in [6.07, 6.45) is 0. The highest BCUT2D eigenvalue weighted by Gasteiger charge is 2.13. The van der Waals surface area contributed by atoms with Crippen LogP contribution in [0.1, 0.15) is 5.69 Å². The molecule has 7 heteroatoms. The van der Waals surface area contributed by atoms with Crippen LogP contribution in [-0.4, -0.2) is 24.1 Å². The average Bonchev–Trinajstić information content (AvgIpc) is 2.44. The van der Waals surface area contributed by atoms with Crippen LogP contribution < -0.4 is 5.32 Å². The number of halogens is 3. The third-order valence-corrected chi connectivity index (χ3v) is 4.49. The highest BCUT2D eigenvalue weighted by atomic mass is 127. The fourth-order valence-corrected chi connectivity index (χ4v) is 2.62. The van der Waals surface area contributed by atoms with E-state index in [4.69, 9.17) is 27.9 Å². The quantitative estimate of drug-likeness (QED) is 0.747. The van der Waals surface area contributed by atoms with Gasteiger partial charge in [0.2, 0.25) is 0 Å². The Labute approximate surface area is 141 Å². The predicted octanol–water partition coefficient (Wildman–Crippen LogP) is 4.24. The molecule has 0 atom stereocenters. The molecular formula is C13H12Cl2IN3O. The Morgan fingerprint density at radius 2 is 2.00 bits per heavy atom. The lowest BCUT2D eigenvalue weighted by molar-refractivity contribution is 0.181. The van der Waals surface area contributed by atoms with Crippen molar-refractivity contribution in [2.75, 3.05) is 19.5 Å². The molecule has 0 saturated heterocycles. The van der Waals surface area contributed by atoms with Crippen LogP contribution in [0.15, 0.2) is 18.2 Å². The molecule has 0 aliphatic rings. The monoisotopic (exact) mass is 423 g/mol. The number of rotatable bonds is 4. The summed E-state index contributed by atoms with van der Waals surface area (Å²) in [6.45, 7) is 0.420. The Morgan fingerprint density at radius 1 is 1.25 bits per heavy atom. The molecule has 1 heterocycles. The number of hydrogen-bond acceptors (Lipinski definition) is 4. The van der Waals surface area contributed by atoms with Gasteiger partial charge in [0.1, 0.15) is 5.82 Å². The molecule has 0 amide bonds. The number of benzene rings is 1. The van der Waals surface area contributed by atoms with E-state index < -0.39 is 0 Å². The molecule has 0 spiro atoms. The first-order chi connectivity index (χ1) is 9.56. The first-order valence-electron chi connectivity index (χ1n) is 5.75. The van der Waals surface area contributed by atoms with E-state index in [2.05, 4.69) is 37.9 Å². The molecule has 0 unspecified atom stereocenters. The van der Waals surface area contributed by atoms with Gasteiger partial charge in [-0.2, -0.15) is 0 Å². The predicted molar refractivity (Wildman–Crippen MR) is 90.5 cm³/mol. The zero-order valence-electron chi connectivity index (χ0n) is 10.9. The van der Waals surface area contributed by atoms with Gasteiger partial charge in [0, 0.05) is 19.7 Å². The molecule has 20 heavy (non-hydrogen) atoms. The van der Waals surface area contributed by atoms with E-state index in [-0.39, 0.29) is 0 Å². The minimum atomic E-state index is 0.420. The van der Waals surface area contributed by atoms with Gasteiger partial charge in [0.05, 0.1) is 25.9 Å². The van der Waals surface area contributed by atoms with Crippen LogP contribution in [-0.2, 0) is 11.3 Å². The smallest absolute Gasteiger partial charge is 0.161 e. The van der Waals surface area contributed by atoms with Gasteiger partial charge < -0.3 is 10.1 Å². The highest BCUT2D eigenvalue weighted by molar-refractivity contribution is 14.1. The van der Waals surface area contributed by atoms with E-state index in [9.17, 15) is 0 Å². The third-order valence-electron chi connectivity index (χ3n) is 2.62. The number of nitrogens with one attached hydrogen (secondary N) is 1. The van der Waals surface area contributed by atoms with Crippen molar-refractivity contribution in [1.82, 2.24) is 9.97 Å². The van der Waals surface area contributed by atoms with Gasteiger partial charge in [0.15, 0.2) is 5.82 Å². The minimum absolute atomic E-state index is 0.420. The largest absolute Gasteiger partial charge is 0.378 e. The van der Waals surface area contributed by atoms with Crippen molar-refractivity contribution in [2.24, 2.45) is 0 Å². The zero-order chi connectivity index (χ0) is 14.7. The summed E-state index contributed by atoms with van der Waals surface area (Å²) in [5, 5.41) is 4.04. The van der Waals surface area contributed by atoms with E-state index in [1.165, 1.54) is 0 Å². The number of nitrogens with zero attached hydrogens (tertiary/aromatic N) is 2. The van der Waals surface area contributed by atoms with E-state index in [0.29, 0.717) is 22.5 Å². The van der Waals surface area contributed by atoms with E-state index in [1.54, 1.807) is 19.2 Å². The minimum Gasteiger partial charge on any atom is -0.378 e. The number of ether oxygens (including phenoxy) is 1. The molecule has 4 nitrogen and oxygen atoms in total. The number of methoxy groups -OCH3 is 1. The molecule has 0 fully saturated rings. The van der Waals surface area contributed by atoms with Crippen LogP contribution in [0.3, 0.4) is 0 Å². The number of anilines is 1. The lowest BCUT2D eigenvalue weighted by Crippen LogP contribution is -2.06. The van der Waals surface area contributed by atoms with Crippen LogP contribution >= 0.6 is 45.8 Å². The molecule has 1 aromatic heterocycles. The summed E-state index contributed by atoms with van der Waals surface area (Å²) >= 11 is 14.2. The van der Waals surface area contributed by atoms with E-state index >= 15 is 0 Å². The molecule has 1 N–H and O–H groups in total. The SMILES string of the molecule is CNc1nc(-c2ccc(Cl)c(Cl)c2)nc(COC)c1I. The standard InChI is InChI=1S/C13H12Cl2IN3O/c1-17-13-11(16)10(6-20-2)18-12(19-13)7-3-4-8(14)9(15)5-7/h3-5H,6H2,1-2H3,(H,17,18,19). The van der Waals surface area contributed by atoms with Crippen LogP contribution in [0.2, 0.25) is 10.0 Å². The first-order valence-corrected chi connectivity index (χ1v) is 7.58. The molecule has 0 saturated carbocycles. The van der Waals surface area contributed by atoms with Gasteiger partial charge in [-0.1, -0.05) is 23.2 Å². The number of hydrogen-bond donors (Lipinski definition) is 1. The van der Waals surface area contributed by atoms with Crippen molar-refractivity contribution in [3.05, 3.63) is 37.5 Å². The molecule has 0 aliphatic heterocycles. The second-order valence-electron chi connectivity index (χ2n) is 3.97. The van der Waals surface area contributed by atoms with Crippen molar-refractivity contribution in [3.8, 4) is 11.4 Å². The Balaban J connectivity index is 2.55. The van der Waals surface area contributed by atoms with E-state index in [1.807, 2.05) is 13.1 Å². The van der Waals surface area contributed by atoms with Crippen LogP contribution in [0.5, 0.6) is 0 Å². The Kier molecular flexibility index (Phi) is 5.42. The van der Waals surface area contributed by atoms with Crippen molar-refractivity contribution >= 4 is 51.6 Å². The third kappa shape index (κ3) is 3.33. The Bertz CT molecular complexity index is 637. The van der Waals surface area contributed by atoms with Gasteiger partial charge >= 0.3 is 0 Å². The summed E-state index contributed by atoms with van der Waals surface area (Å²) in [5.41, 5.74) is 1.64. The van der Waals surface area contributed by atoms with Crippen molar-refractivity contribution in [1.29, 1.82) is 0 Å². The van der Waals surface area contributed by atoms with Gasteiger partial charge in [-0.25, -0.2) is 9.97 Å². The van der Waals surface area contributed by atoms with Crippen molar-refractivity contribution < 1.29 is 4.74 Å². The van der Waals surface area contributed by atoms with E-state index in [0.717, 1.165) is 20.6 Å². The van der Waals surface area contributed by atoms with Gasteiger partial charge in [-0.05, 0) is 40.8 Å². The lowest BCUT2D eigenvalue weighted by atomic mass is 10.2. The Hall–Kier alpha value is -0.630. The molecule has 1 aromatic carbocycles. The second-order valence-corrected chi connectivity index (χ2v) is 5.86. The topological polar surface area (TPSA) is 47.0 Å². The molecular weight excluding hydrogens is 412 g/mol. The summed E-state index contributed by atoms with van der Waals surface area (Å²) in [6, 6.07) is 5.32. The van der Waals surface area contributed by atoms with Crippen LogP contribution in [0, 0.1) is 3.57 Å². The number of aromatic nitrogens is 2. The fraction of sp³-hybridized carbons (Fsp3) is 0.231. The summed E-state index contributed by atoms with van der Waals surface area (Å²) in [5.74, 6) is 1.34. The summed E-state index contributed by atoms with van der Waals surface area (Å²) in [7, 11) is 3.45.